The van der Waals surface area contributed by atoms with E-state index in [1.54, 1.807) is 24.4 Å². The fourth-order valence-electron chi connectivity index (χ4n) is 3.61. The molecule has 1 saturated heterocycles. The van der Waals surface area contributed by atoms with Gasteiger partial charge in [0.15, 0.2) is 5.78 Å². The molecule has 0 bridgehead atoms. The Labute approximate surface area is 197 Å². The lowest BCUT2D eigenvalue weighted by atomic mass is 10.1. The molecule has 2 aromatic carbocycles. The minimum atomic E-state index is -1.20. The molecule has 1 fully saturated rings. The molecule has 0 amide bonds. The van der Waals surface area contributed by atoms with Gasteiger partial charge in [-0.3, -0.25) is 9.78 Å². The first-order valence-corrected chi connectivity index (χ1v) is 12.5. The van der Waals surface area contributed by atoms with Crippen molar-refractivity contribution in [3.8, 4) is 0 Å². The van der Waals surface area contributed by atoms with Crippen LogP contribution in [0.5, 0.6) is 0 Å². The lowest BCUT2D eigenvalue weighted by molar-refractivity contribution is 0.0728. The predicted octanol–water partition coefficient (Wildman–Crippen LogP) is 5.82. The quantitative estimate of drug-likeness (QED) is 0.406. The van der Waals surface area contributed by atoms with Crippen molar-refractivity contribution >= 4 is 39.3 Å². The molecule has 32 heavy (non-hydrogen) atoms. The van der Waals surface area contributed by atoms with Crippen LogP contribution in [-0.2, 0) is 22.3 Å². The van der Waals surface area contributed by atoms with E-state index in [-0.39, 0.29) is 19.0 Å². The summed E-state index contributed by atoms with van der Waals surface area (Å²) in [6.07, 6.45) is 5.00. The summed E-state index contributed by atoms with van der Waals surface area (Å²) in [5, 5.41) is 1.45. The Bertz CT molecular complexity index is 1080. The molecule has 1 atom stereocenters. The highest BCUT2D eigenvalue weighted by Gasteiger charge is 2.19. The van der Waals surface area contributed by atoms with E-state index < -0.39 is 11.0 Å². The van der Waals surface area contributed by atoms with E-state index in [0.717, 1.165) is 36.9 Å². The summed E-state index contributed by atoms with van der Waals surface area (Å²) in [4.78, 5) is 17.7. The van der Waals surface area contributed by atoms with Gasteiger partial charge in [-0.1, -0.05) is 50.1 Å². The molecule has 1 aliphatic heterocycles. The fraction of sp³-hybridized carbons (Fsp3) is 0.360. The van der Waals surface area contributed by atoms with E-state index in [4.69, 9.17) is 16.3 Å². The van der Waals surface area contributed by atoms with Crippen molar-refractivity contribution in [1.29, 1.82) is 0 Å². The highest BCUT2D eigenvalue weighted by atomic mass is 35.5. The molecule has 7 heteroatoms. The maximum Gasteiger partial charge on any atom is 0.190 e. The van der Waals surface area contributed by atoms with Crippen LogP contribution in [0, 0.1) is 0 Å². The largest absolute Gasteiger partial charge is 0.369 e. The van der Waals surface area contributed by atoms with Crippen LogP contribution in [0.15, 0.2) is 59.6 Å². The topological polar surface area (TPSA) is 59.5 Å². The number of hydrogen-bond donors (Lipinski definition) is 0. The van der Waals surface area contributed by atoms with E-state index in [1.807, 2.05) is 48.5 Å². The van der Waals surface area contributed by atoms with Crippen molar-refractivity contribution in [2.45, 2.75) is 44.6 Å². The van der Waals surface area contributed by atoms with Gasteiger partial charge in [0.25, 0.3) is 0 Å². The van der Waals surface area contributed by atoms with E-state index in [9.17, 15) is 9.00 Å². The summed E-state index contributed by atoms with van der Waals surface area (Å²) in [5.74, 6) is -0.136. The van der Waals surface area contributed by atoms with Gasteiger partial charge in [0.2, 0.25) is 0 Å². The van der Waals surface area contributed by atoms with Crippen LogP contribution in [0.1, 0.15) is 49.0 Å². The molecular weight excluding hydrogens is 444 g/mol. The summed E-state index contributed by atoms with van der Waals surface area (Å²) in [5.41, 5.74) is 1.94. The van der Waals surface area contributed by atoms with E-state index >= 15 is 0 Å². The van der Waals surface area contributed by atoms with Gasteiger partial charge in [0, 0.05) is 35.3 Å². The Morgan fingerprint density at radius 1 is 1.09 bits per heavy atom. The van der Waals surface area contributed by atoms with Crippen molar-refractivity contribution in [1.82, 2.24) is 9.29 Å². The van der Waals surface area contributed by atoms with Gasteiger partial charge in [0.05, 0.1) is 17.0 Å². The molecule has 0 aliphatic carbocycles. The van der Waals surface area contributed by atoms with E-state index in [1.165, 1.54) is 6.42 Å². The van der Waals surface area contributed by atoms with E-state index in [0.29, 0.717) is 21.0 Å². The molecule has 1 unspecified atom stereocenters. The normalized spacial score (nSPS) is 15.1. The molecule has 0 N–H and O–H groups in total. The predicted molar refractivity (Wildman–Crippen MR) is 130 cm³/mol. The van der Waals surface area contributed by atoms with Crippen molar-refractivity contribution in [2.24, 2.45) is 0 Å². The van der Waals surface area contributed by atoms with Crippen LogP contribution >= 0.6 is 11.6 Å². The Morgan fingerprint density at radius 2 is 1.84 bits per heavy atom. The number of aromatic nitrogens is 1. The van der Waals surface area contributed by atoms with Gasteiger partial charge in [-0.25, -0.2) is 8.51 Å². The molecule has 0 radical (unpaired) electrons. The Hall–Kier alpha value is -2.12. The maximum atomic E-state index is 12.8. The number of nitrogens with zero attached hydrogens (tertiary/aromatic N) is 2. The number of hydrogen-bond acceptors (Lipinski definition) is 4. The Balaban J connectivity index is 0.00000141. The van der Waals surface area contributed by atoms with Gasteiger partial charge < -0.3 is 4.74 Å². The summed E-state index contributed by atoms with van der Waals surface area (Å²) >= 11 is 6.31. The number of piperidine rings is 1. The molecule has 170 valence electrons. The third kappa shape index (κ3) is 6.01. The number of pyridine rings is 1. The molecule has 0 saturated carbocycles. The lowest BCUT2D eigenvalue weighted by Gasteiger charge is -2.25. The SMILES string of the molecule is CC.O=C(COCc1cc(S(=O)N2CCCCC2)ccc1Cl)c1cccc2cccnc12. The van der Waals surface area contributed by atoms with Crippen LogP contribution in [0.3, 0.4) is 0 Å². The Kier molecular flexibility index (Phi) is 9.36. The second-order valence-corrected chi connectivity index (χ2v) is 9.18. The monoisotopic (exact) mass is 472 g/mol. The van der Waals surface area contributed by atoms with Crippen LogP contribution in [0.25, 0.3) is 10.9 Å². The minimum absolute atomic E-state index is 0.0779. The number of Topliss-reactive ketones (excluding diaryl/α,β-unsaturated/α-hetero) is 1. The molecule has 2 heterocycles. The second-order valence-electron chi connectivity index (χ2n) is 7.29. The number of rotatable bonds is 7. The number of para-hydroxylation sites is 1. The van der Waals surface area contributed by atoms with Gasteiger partial charge in [-0.15, -0.1) is 0 Å². The summed E-state index contributed by atoms with van der Waals surface area (Å²) in [6.45, 7) is 5.78. The van der Waals surface area contributed by atoms with Gasteiger partial charge in [-0.2, -0.15) is 0 Å². The third-order valence-corrected chi connectivity index (χ3v) is 7.05. The van der Waals surface area contributed by atoms with Crippen molar-refractivity contribution < 1.29 is 13.7 Å². The van der Waals surface area contributed by atoms with Crippen LogP contribution in [-0.4, -0.2) is 39.0 Å². The highest BCUT2D eigenvalue weighted by molar-refractivity contribution is 7.82. The number of ether oxygens (including phenoxy) is 1. The standard InChI is InChI=1S/C23H23ClN2O3S.C2H6/c24-21-10-9-19(30(28)26-12-2-1-3-13-26)14-18(21)15-29-16-22(27)20-8-4-6-17-7-5-11-25-23(17)20;1-2/h4-11,14H,1-3,12-13,15-16H2;1-2H3. The summed E-state index contributed by atoms with van der Waals surface area (Å²) in [6, 6.07) is 14.6. The first-order valence-electron chi connectivity index (χ1n) is 11.0. The van der Waals surface area contributed by atoms with Crippen LogP contribution < -0.4 is 0 Å². The maximum absolute atomic E-state index is 12.8. The van der Waals surface area contributed by atoms with Gasteiger partial charge in [0.1, 0.15) is 17.6 Å². The average Bonchev–Trinajstić information content (AvgIpc) is 2.86. The number of ketones is 1. The minimum Gasteiger partial charge on any atom is -0.369 e. The smallest absolute Gasteiger partial charge is 0.190 e. The summed E-state index contributed by atoms with van der Waals surface area (Å²) < 4.78 is 20.5. The molecule has 5 nitrogen and oxygen atoms in total. The average molecular weight is 473 g/mol. The number of fused-ring (bicyclic) bond motifs is 1. The number of carbonyl (C=O) groups excluding carboxylic acids is 1. The zero-order chi connectivity index (χ0) is 22.9. The zero-order valence-electron chi connectivity index (χ0n) is 18.6. The van der Waals surface area contributed by atoms with Crippen molar-refractivity contribution in [3.63, 3.8) is 0 Å². The molecule has 1 aliphatic rings. The fourth-order valence-corrected chi connectivity index (χ4v) is 5.10. The first kappa shape index (κ1) is 24.5. The zero-order valence-corrected chi connectivity index (χ0v) is 20.1. The third-order valence-electron chi connectivity index (χ3n) is 5.19. The molecule has 3 aromatic rings. The molecule has 0 spiro atoms. The molecular formula is C25H29ClN2O3S. The number of halogens is 1. The Morgan fingerprint density at radius 3 is 2.62 bits per heavy atom. The number of benzene rings is 2. The van der Waals surface area contributed by atoms with E-state index in [2.05, 4.69) is 4.98 Å². The molecule has 4 rings (SSSR count). The van der Waals surface area contributed by atoms with Crippen LogP contribution in [0.4, 0.5) is 0 Å². The van der Waals surface area contributed by atoms with Gasteiger partial charge >= 0.3 is 0 Å². The molecule has 1 aromatic heterocycles. The van der Waals surface area contributed by atoms with Gasteiger partial charge in [-0.05, 0) is 48.7 Å². The van der Waals surface area contributed by atoms with Crippen molar-refractivity contribution in [3.05, 3.63) is 70.9 Å². The first-order chi connectivity index (χ1) is 15.6. The number of carbonyl (C=O) groups is 1. The highest BCUT2D eigenvalue weighted by Crippen LogP contribution is 2.24. The van der Waals surface area contributed by atoms with Crippen molar-refractivity contribution in [2.75, 3.05) is 19.7 Å². The van der Waals surface area contributed by atoms with Crippen LogP contribution in [0.2, 0.25) is 5.02 Å². The second kappa shape index (κ2) is 12.2. The summed E-state index contributed by atoms with van der Waals surface area (Å²) in [7, 11) is -1.20. The lowest BCUT2D eigenvalue weighted by Crippen LogP contribution is -2.31.